The Labute approximate surface area is 178 Å². The second-order valence-corrected chi connectivity index (χ2v) is 7.59. The molecule has 30 heavy (non-hydrogen) atoms. The van der Waals surface area contributed by atoms with Crippen LogP contribution in [0.2, 0.25) is 0 Å². The van der Waals surface area contributed by atoms with Gasteiger partial charge < -0.3 is 24.8 Å². The lowest BCUT2D eigenvalue weighted by atomic mass is 10.1. The van der Waals surface area contributed by atoms with E-state index in [2.05, 4.69) is 21.8 Å². The number of rotatable bonds is 7. The zero-order valence-corrected chi connectivity index (χ0v) is 18.5. The van der Waals surface area contributed by atoms with Crippen molar-refractivity contribution in [1.29, 1.82) is 0 Å². The zero-order chi connectivity index (χ0) is 21.7. The summed E-state index contributed by atoms with van der Waals surface area (Å²) in [5.41, 5.74) is 2.19. The Kier molecular flexibility index (Phi) is 7.25. The average molecular weight is 416 g/mol. The third-order valence-electron chi connectivity index (χ3n) is 5.65. The molecule has 1 N–H and O–H groups in total. The van der Waals surface area contributed by atoms with Crippen LogP contribution in [0, 0.1) is 0 Å². The van der Waals surface area contributed by atoms with Crippen molar-refractivity contribution < 1.29 is 9.53 Å². The van der Waals surface area contributed by atoms with E-state index in [0.717, 1.165) is 31.6 Å². The number of ether oxygens (including phenoxy) is 1. The van der Waals surface area contributed by atoms with Gasteiger partial charge in [-0.2, -0.15) is 4.98 Å². The van der Waals surface area contributed by atoms with Gasteiger partial charge in [0.1, 0.15) is 11.4 Å². The quantitative estimate of drug-likeness (QED) is 0.682. The third-order valence-corrected chi connectivity index (χ3v) is 5.65. The second-order valence-electron chi connectivity index (χ2n) is 7.59. The molecule has 0 spiro atoms. The number of carbonyl (C=O) groups is 1. The number of piperazine rings is 1. The Morgan fingerprint density at radius 1 is 1.30 bits per heavy atom. The highest BCUT2D eigenvalue weighted by atomic mass is 16.5. The molecule has 2 saturated heterocycles. The number of aliphatic imine (C=N–C) groups is 1. The molecule has 0 atom stereocenters. The number of piperidine rings is 1. The van der Waals surface area contributed by atoms with Gasteiger partial charge in [0.15, 0.2) is 5.82 Å². The van der Waals surface area contributed by atoms with Gasteiger partial charge in [0.25, 0.3) is 0 Å². The predicted octanol–water partition coefficient (Wildman–Crippen LogP) is 1.99. The molecule has 1 amide bonds. The first-order chi connectivity index (χ1) is 14.5. The van der Waals surface area contributed by atoms with Crippen molar-refractivity contribution >= 4 is 35.3 Å². The molecule has 2 aliphatic heterocycles. The molecule has 0 radical (unpaired) electrons. The summed E-state index contributed by atoms with van der Waals surface area (Å²) >= 11 is 0. The molecule has 3 heterocycles. The summed E-state index contributed by atoms with van der Waals surface area (Å²) in [7, 11) is 3.59. The fraction of sp³-hybridized carbons (Fsp3) is 0.619. The fourth-order valence-electron chi connectivity index (χ4n) is 3.80. The zero-order valence-electron chi connectivity index (χ0n) is 18.5. The topological polar surface area (TPSA) is 86.2 Å². The molecule has 2 fully saturated rings. The molecular weight excluding hydrogens is 382 g/mol. The summed E-state index contributed by atoms with van der Waals surface area (Å²) in [6.45, 7) is 12.3. The number of nitrogens with one attached hydrogen (secondary N) is 1. The molecule has 1 aromatic heterocycles. The van der Waals surface area contributed by atoms with Crippen LogP contribution >= 0.6 is 0 Å². The van der Waals surface area contributed by atoms with Crippen LogP contribution < -0.4 is 10.2 Å². The van der Waals surface area contributed by atoms with E-state index in [4.69, 9.17) is 14.7 Å². The van der Waals surface area contributed by atoms with Gasteiger partial charge in [-0.05, 0) is 26.7 Å². The van der Waals surface area contributed by atoms with E-state index in [1.165, 1.54) is 0 Å². The van der Waals surface area contributed by atoms with E-state index in [1.807, 2.05) is 25.8 Å². The molecule has 3 rings (SSSR count). The summed E-state index contributed by atoms with van der Waals surface area (Å²) in [6.07, 6.45) is 3.93. The number of methoxy groups -OCH3 is 1. The van der Waals surface area contributed by atoms with Crippen molar-refractivity contribution in [2.75, 3.05) is 63.6 Å². The number of anilines is 2. The second kappa shape index (κ2) is 9.88. The van der Waals surface area contributed by atoms with E-state index < -0.39 is 0 Å². The summed E-state index contributed by atoms with van der Waals surface area (Å²) in [5.74, 6) is 1.26. The normalized spacial score (nSPS) is 18.4. The van der Waals surface area contributed by atoms with Gasteiger partial charge in [-0.1, -0.05) is 6.58 Å². The van der Waals surface area contributed by atoms with Crippen molar-refractivity contribution in [3.63, 3.8) is 0 Å². The number of nitrogens with zero attached hydrogens (tertiary/aromatic N) is 6. The van der Waals surface area contributed by atoms with Crippen molar-refractivity contribution in [3.8, 4) is 0 Å². The molecule has 0 aromatic carbocycles. The Morgan fingerprint density at radius 3 is 2.63 bits per heavy atom. The minimum atomic E-state index is 0.0679. The Hall–Kier alpha value is -2.68. The van der Waals surface area contributed by atoms with Crippen LogP contribution in [-0.4, -0.2) is 91.4 Å². The SMILES string of the molecule is C=C(c1nc(NCC)nc(N2CCN(C)C(=O)C2)c1N=CC)N1CCC(OC)CC1. The maximum Gasteiger partial charge on any atom is 0.241 e. The van der Waals surface area contributed by atoms with Crippen LogP contribution in [-0.2, 0) is 9.53 Å². The van der Waals surface area contributed by atoms with Gasteiger partial charge in [0.2, 0.25) is 11.9 Å². The van der Waals surface area contributed by atoms with Gasteiger partial charge in [0.05, 0.1) is 18.3 Å². The Morgan fingerprint density at radius 2 is 2.03 bits per heavy atom. The summed E-state index contributed by atoms with van der Waals surface area (Å²) in [5, 5.41) is 3.21. The lowest BCUT2D eigenvalue weighted by molar-refractivity contribution is -0.129. The molecular formula is C21H33N7O2. The molecule has 0 bridgehead atoms. The van der Waals surface area contributed by atoms with Crippen LogP contribution in [0.4, 0.5) is 17.5 Å². The first kappa shape index (κ1) is 22.0. The number of likely N-dealkylation sites (tertiary alicyclic amines) is 1. The molecule has 0 unspecified atom stereocenters. The van der Waals surface area contributed by atoms with Crippen LogP contribution in [0.1, 0.15) is 32.4 Å². The lowest BCUT2D eigenvalue weighted by Crippen LogP contribution is -2.49. The molecule has 0 aliphatic carbocycles. The first-order valence-corrected chi connectivity index (χ1v) is 10.6. The van der Waals surface area contributed by atoms with Crippen LogP contribution in [0.25, 0.3) is 5.70 Å². The maximum atomic E-state index is 12.3. The number of hydrogen-bond donors (Lipinski definition) is 1. The van der Waals surface area contributed by atoms with Gasteiger partial charge in [-0.25, -0.2) is 4.98 Å². The lowest BCUT2D eigenvalue weighted by Gasteiger charge is -2.36. The van der Waals surface area contributed by atoms with Crippen molar-refractivity contribution in [2.24, 2.45) is 4.99 Å². The van der Waals surface area contributed by atoms with Crippen LogP contribution in [0.3, 0.4) is 0 Å². The average Bonchev–Trinajstić information content (AvgIpc) is 2.76. The molecule has 2 aliphatic rings. The number of likely N-dealkylation sites (N-methyl/N-ethyl adjacent to an activating group) is 1. The number of hydrogen-bond acceptors (Lipinski definition) is 8. The maximum absolute atomic E-state index is 12.3. The summed E-state index contributed by atoms with van der Waals surface area (Å²) in [4.78, 5) is 32.4. The van der Waals surface area contributed by atoms with E-state index >= 15 is 0 Å². The predicted molar refractivity (Wildman–Crippen MR) is 121 cm³/mol. The highest BCUT2D eigenvalue weighted by Gasteiger charge is 2.29. The van der Waals surface area contributed by atoms with E-state index in [1.54, 1.807) is 18.2 Å². The number of aromatic nitrogens is 2. The van der Waals surface area contributed by atoms with Crippen molar-refractivity contribution in [1.82, 2.24) is 19.8 Å². The third kappa shape index (κ3) is 4.72. The molecule has 0 saturated carbocycles. The smallest absolute Gasteiger partial charge is 0.241 e. The van der Waals surface area contributed by atoms with E-state index in [-0.39, 0.29) is 18.6 Å². The minimum absolute atomic E-state index is 0.0679. The Bertz CT molecular complexity index is 803. The molecule has 9 heteroatoms. The number of carbonyl (C=O) groups excluding carboxylic acids is 1. The standard InChI is InChI=1S/C21H33N7O2/c1-6-22-19-18(15(3)27-10-8-16(30-5)9-11-27)24-21(23-7-2)25-20(19)28-13-12-26(4)17(29)14-28/h6,16H,3,7-14H2,1-2,4-5H3,(H,23,24,25). The van der Waals surface area contributed by atoms with Gasteiger partial charge >= 0.3 is 0 Å². The van der Waals surface area contributed by atoms with Crippen LogP contribution in [0.15, 0.2) is 11.6 Å². The monoisotopic (exact) mass is 415 g/mol. The van der Waals surface area contributed by atoms with E-state index in [0.29, 0.717) is 42.8 Å². The van der Waals surface area contributed by atoms with Crippen LogP contribution in [0.5, 0.6) is 0 Å². The van der Waals surface area contributed by atoms with Gasteiger partial charge in [-0.3, -0.25) is 9.79 Å². The van der Waals surface area contributed by atoms with Crippen molar-refractivity contribution in [2.45, 2.75) is 32.8 Å². The summed E-state index contributed by atoms with van der Waals surface area (Å²) < 4.78 is 5.50. The Balaban J connectivity index is 1.99. The molecule has 9 nitrogen and oxygen atoms in total. The fourth-order valence-corrected chi connectivity index (χ4v) is 3.80. The van der Waals surface area contributed by atoms with Crippen molar-refractivity contribution in [3.05, 3.63) is 12.3 Å². The van der Waals surface area contributed by atoms with Gasteiger partial charge in [-0.15, -0.1) is 0 Å². The summed E-state index contributed by atoms with van der Waals surface area (Å²) in [6, 6.07) is 0. The molecule has 164 valence electrons. The number of amides is 1. The van der Waals surface area contributed by atoms with E-state index in [9.17, 15) is 4.79 Å². The largest absolute Gasteiger partial charge is 0.381 e. The highest BCUT2D eigenvalue weighted by molar-refractivity contribution is 5.86. The molecule has 1 aromatic rings. The van der Waals surface area contributed by atoms with Gasteiger partial charge in [0, 0.05) is 53.1 Å². The minimum Gasteiger partial charge on any atom is -0.381 e. The first-order valence-electron chi connectivity index (χ1n) is 10.6. The highest BCUT2D eigenvalue weighted by Crippen LogP contribution is 2.36.